The Hall–Kier alpha value is -2.99. The summed E-state index contributed by atoms with van der Waals surface area (Å²) in [6, 6.07) is 18.7. The maximum atomic E-state index is 13.0. The zero-order valence-corrected chi connectivity index (χ0v) is 15.1. The molecular formula is C21H22FN5. The molecule has 0 bridgehead atoms. The summed E-state index contributed by atoms with van der Waals surface area (Å²) < 4.78 is 13.0. The summed E-state index contributed by atoms with van der Waals surface area (Å²) in [6.07, 6.45) is 1.75. The maximum absolute atomic E-state index is 13.0. The highest BCUT2D eigenvalue weighted by molar-refractivity contribution is 5.54. The van der Waals surface area contributed by atoms with E-state index in [1.54, 1.807) is 18.3 Å². The second-order valence-electron chi connectivity index (χ2n) is 6.62. The van der Waals surface area contributed by atoms with Crippen LogP contribution in [0.3, 0.4) is 0 Å². The molecule has 1 fully saturated rings. The maximum Gasteiger partial charge on any atom is 0.229 e. The Labute approximate surface area is 158 Å². The van der Waals surface area contributed by atoms with E-state index in [-0.39, 0.29) is 5.82 Å². The molecule has 0 spiro atoms. The Morgan fingerprint density at radius 1 is 0.889 bits per heavy atom. The SMILES string of the molecule is Fc1ccc(Nc2nccc(N3CCN(Cc4ccccc4)CC3)n2)cc1. The molecule has 1 aliphatic heterocycles. The van der Waals surface area contributed by atoms with Crippen molar-refractivity contribution < 1.29 is 4.39 Å². The van der Waals surface area contributed by atoms with E-state index in [1.165, 1.54) is 17.7 Å². The Morgan fingerprint density at radius 2 is 1.63 bits per heavy atom. The van der Waals surface area contributed by atoms with E-state index in [0.29, 0.717) is 5.95 Å². The summed E-state index contributed by atoms with van der Waals surface area (Å²) in [7, 11) is 0. The Morgan fingerprint density at radius 3 is 2.37 bits per heavy atom. The molecule has 0 atom stereocenters. The molecule has 2 heterocycles. The second-order valence-corrected chi connectivity index (χ2v) is 6.62. The Bertz CT molecular complexity index is 861. The highest BCUT2D eigenvalue weighted by Gasteiger charge is 2.18. The topological polar surface area (TPSA) is 44.3 Å². The second kappa shape index (κ2) is 8.14. The van der Waals surface area contributed by atoms with E-state index in [2.05, 4.69) is 49.4 Å². The van der Waals surface area contributed by atoms with Crippen molar-refractivity contribution in [3.8, 4) is 0 Å². The van der Waals surface area contributed by atoms with Gasteiger partial charge in [-0.2, -0.15) is 4.98 Å². The molecule has 5 nitrogen and oxygen atoms in total. The van der Waals surface area contributed by atoms with Gasteiger partial charge in [0.1, 0.15) is 11.6 Å². The van der Waals surface area contributed by atoms with Gasteiger partial charge in [0.25, 0.3) is 0 Å². The number of hydrogen-bond acceptors (Lipinski definition) is 5. The van der Waals surface area contributed by atoms with Crippen molar-refractivity contribution >= 4 is 17.5 Å². The molecule has 27 heavy (non-hydrogen) atoms. The summed E-state index contributed by atoms with van der Waals surface area (Å²) in [5, 5.41) is 3.13. The number of hydrogen-bond donors (Lipinski definition) is 1. The van der Waals surface area contributed by atoms with Crippen LogP contribution in [0.2, 0.25) is 0 Å². The standard InChI is InChI=1S/C21H22FN5/c22-18-6-8-19(9-7-18)24-21-23-11-10-20(25-21)27-14-12-26(13-15-27)16-17-4-2-1-3-5-17/h1-11H,12-16H2,(H,23,24,25). The zero-order chi connectivity index (χ0) is 18.5. The third-order valence-electron chi connectivity index (χ3n) is 4.69. The Balaban J connectivity index is 1.36. The molecular weight excluding hydrogens is 341 g/mol. The number of benzene rings is 2. The molecule has 4 rings (SSSR count). The van der Waals surface area contributed by atoms with Crippen molar-refractivity contribution in [2.45, 2.75) is 6.54 Å². The van der Waals surface area contributed by atoms with E-state index < -0.39 is 0 Å². The van der Waals surface area contributed by atoms with Crippen LogP contribution < -0.4 is 10.2 Å². The van der Waals surface area contributed by atoms with Gasteiger partial charge in [-0.15, -0.1) is 0 Å². The lowest BCUT2D eigenvalue weighted by Crippen LogP contribution is -2.46. The van der Waals surface area contributed by atoms with Crippen molar-refractivity contribution in [2.24, 2.45) is 0 Å². The van der Waals surface area contributed by atoms with Gasteiger partial charge < -0.3 is 10.2 Å². The lowest BCUT2D eigenvalue weighted by Gasteiger charge is -2.35. The Kier molecular flexibility index (Phi) is 5.25. The van der Waals surface area contributed by atoms with Gasteiger partial charge in [-0.1, -0.05) is 30.3 Å². The van der Waals surface area contributed by atoms with Crippen LogP contribution in [0.5, 0.6) is 0 Å². The molecule has 0 aliphatic carbocycles. The number of nitrogens with zero attached hydrogens (tertiary/aromatic N) is 4. The fourth-order valence-electron chi connectivity index (χ4n) is 3.22. The lowest BCUT2D eigenvalue weighted by molar-refractivity contribution is 0.249. The van der Waals surface area contributed by atoms with Crippen molar-refractivity contribution in [1.29, 1.82) is 0 Å². The normalized spacial score (nSPS) is 14.9. The van der Waals surface area contributed by atoms with Crippen LogP contribution in [-0.2, 0) is 6.54 Å². The summed E-state index contributed by atoms with van der Waals surface area (Å²) in [6.45, 7) is 4.84. The van der Waals surface area contributed by atoms with Crippen molar-refractivity contribution in [1.82, 2.24) is 14.9 Å². The quantitative estimate of drug-likeness (QED) is 0.749. The van der Waals surface area contributed by atoms with Gasteiger partial charge in [0.15, 0.2) is 0 Å². The third kappa shape index (κ3) is 4.60. The molecule has 3 aromatic rings. The van der Waals surface area contributed by atoms with Gasteiger partial charge >= 0.3 is 0 Å². The van der Waals surface area contributed by atoms with E-state index in [9.17, 15) is 4.39 Å². The molecule has 1 saturated heterocycles. The molecule has 0 radical (unpaired) electrons. The number of aromatic nitrogens is 2. The first-order valence-corrected chi connectivity index (χ1v) is 9.13. The van der Waals surface area contributed by atoms with Crippen LogP contribution in [0, 0.1) is 5.82 Å². The van der Waals surface area contributed by atoms with Crippen LogP contribution >= 0.6 is 0 Å². The van der Waals surface area contributed by atoms with Crippen LogP contribution in [-0.4, -0.2) is 41.0 Å². The number of nitrogens with one attached hydrogen (secondary N) is 1. The van der Waals surface area contributed by atoms with Gasteiger partial charge in [0, 0.05) is 44.6 Å². The average Bonchev–Trinajstić information content (AvgIpc) is 2.71. The van der Waals surface area contributed by atoms with E-state index in [0.717, 1.165) is 44.2 Å². The van der Waals surface area contributed by atoms with E-state index in [1.807, 2.05) is 12.1 Å². The number of halogens is 1. The monoisotopic (exact) mass is 363 g/mol. The number of anilines is 3. The molecule has 0 saturated carbocycles. The third-order valence-corrected chi connectivity index (χ3v) is 4.69. The summed E-state index contributed by atoms with van der Waals surface area (Å²) in [4.78, 5) is 13.6. The molecule has 6 heteroatoms. The average molecular weight is 363 g/mol. The van der Waals surface area contributed by atoms with Crippen LogP contribution in [0.15, 0.2) is 66.9 Å². The fourth-order valence-corrected chi connectivity index (χ4v) is 3.22. The first-order chi connectivity index (χ1) is 13.3. The lowest BCUT2D eigenvalue weighted by atomic mass is 10.2. The predicted molar refractivity (Wildman–Crippen MR) is 106 cm³/mol. The minimum absolute atomic E-state index is 0.261. The summed E-state index contributed by atoms with van der Waals surface area (Å²) >= 11 is 0. The van der Waals surface area contributed by atoms with Crippen molar-refractivity contribution in [2.75, 3.05) is 36.4 Å². The molecule has 138 valence electrons. The fraction of sp³-hybridized carbons (Fsp3) is 0.238. The molecule has 1 aliphatic rings. The van der Waals surface area contributed by atoms with Crippen molar-refractivity contribution in [3.63, 3.8) is 0 Å². The van der Waals surface area contributed by atoms with Crippen LogP contribution in [0.1, 0.15) is 5.56 Å². The number of rotatable bonds is 5. The zero-order valence-electron chi connectivity index (χ0n) is 15.1. The van der Waals surface area contributed by atoms with Gasteiger partial charge in [-0.3, -0.25) is 4.90 Å². The summed E-state index contributed by atoms with van der Waals surface area (Å²) in [5.41, 5.74) is 2.11. The highest BCUT2D eigenvalue weighted by atomic mass is 19.1. The smallest absolute Gasteiger partial charge is 0.229 e. The highest BCUT2D eigenvalue weighted by Crippen LogP contribution is 2.18. The molecule has 0 amide bonds. The van der Waals surface area contributed by atoms with E-state index >= 15 is 0 Å². The summed E-state index contributed by atoms with van der Waals surface area (Å²) in [5.74, 6) is 1.17. The molecule has 1 aromatic heterocycles. The van der Waals surface area contributed by atoms with Crippen LogP contribution in [0.25, 0.3) is 0 Å². The first kappa shape index (κ1) is 17.4. The molecule has 1 N–H and O–H groups in total. The number of piperazine rings is 1. The predicted octanol–water partition coefficient (Wildman–Crippen LogP) is 3.68. The largest absolute Gasteiger partial charge is 0.354 e. The molecule has 0 unspecified atom stereocenters. The minimum Gasteiger partial charge on any atom is -0.354 e. The minimum atomic E-state index is -0.261. The van der Waals surface area contributed by atoms with Gasteiger partial charge in [-0.05, 0) is 35.9 Å². The first-order valence-electron chi connectivity index (χ1n) is 9.13. The molecule has 2 aromatic carbocycles. The van der Waals surface area contributed by atoms with Crippen LogP contribution in [0.4, 0.5) is 21.8 Å². The van der Waals surface area contributed by atoms with Crippen molar-refractivity contribution in [3.05, 3.63) is 78.2 Å². The van der Waals surface area contributed by atoms with E-state index in [4.69, 9.17) is 0 Å². The van der Waals surface area contributed by atoms with Gasteiger partial charge in [0.2, 0.25) is 5.95 Å². The van der Waals surface area contributed by atoms with Gasteiger partial charge in [0.05, 0.1) is 0 Å². The van der Waals surface area contributed by atoms with Gasteiger partial charge in [-0.25, -0.2) is 9.37 Å².